The van der Waals surface area contributed by atoms with Crippen molar-refractivity contribution in [2.24, 2.45) is 11.1 Å². The molecule has 0 radical (unpaired) electrons. The predicted octanol–water partition coefficient (Wildman–Crippen LogP) is 3.19. The summed E-state index contributed by atoms with van der Waals surface area (Å²) in [6.45, 7) is 6.61. The Bertz CT molecular complexity index is 238. The lowest BCUT2D eigenvalue weighted by Gasteiger charge is -2.41. The number of nitrogens with two attached hydrogens (primary N) is 1. The molecule has 2 N–H and O–H groups in total. The third-order valence-corrected chi connectivity index (χ3v) is 3.14. The fourth-order valence-corrected chi connectivity index (χ4v) is 2.10. The lowest BCUT2D eigenvalue weighted by Crippen LogP contribution is -2.37. The van der Waals surface area contributed by atoms with Crippen LogP contribution in [0.1, 0.15) is 32.6 Å². The standard InChI is InChI=1S/C13H21N/c1-3-6-12(7-4-2)10-13(11-14)8-5-9-13/h3-4,6-7H,1,5,8-11,14H2,2H3/b7-4-,12-6+. The van der Waals surface area contributed by atoms with E-state index < -0.39 is 0 Å². The first-order chi connectivity index (χ1) is 6.76. The van der Waals surface area contributed by atoms with Gasteiger partial charge < -0.3 is 5.73 Å². The second kappa shape index (κ2) is 5.16. The van der Waals surface area contributed by atoms with Gasteiger partial charge in [-0.3, -0.25) is 0 Å². The maximum atomic E-state index is 5.83. The average Bonchev–Trinajstić information content (AvgIpc) is 2.12. The molecule has 0 aromatic carbocycles. The van der Waals surface area contributed by atoms with Crippen LogP contribution in [0.3, 0.4) is 0 Å². The van der Waals surface area contributed by atoms with Gasteiger partial charge >= 0.3 is 0 Å². The van der Waals surface area contributed by atoms with Gasteiger partial charge in [0.15, 0.2) is 0 Å². The van der Waals surface area contributed by atoms with Gasteiger partial charge in [-0.1, -0.05) is 37.3 Å². The molecular weight excluding hydrogens is 170 g/mol. The molecule has 1 fully saturated rings. The summed E-state index contributed by atoms with van der Waals surface area (Å²) in [6, 6.07) is 0. The quantitative estimate of drug-likeness (QED) is 0.663. The largest absolute Gasteiger partial charge is 0.330 e. The zero-order valence-electron chi connectivity index (χ0n) is 9.13. The molecule has 0 aromatic heterocycles. The SMILES string of the molecule is C=C/C=C(\C=C/C)CC1(CN)CCC1. The summed E-state index contributed by atoms with van der Waals surface area (Å²) in [5.41, 5.74) is 7.58. The molecule has 1 saturated carbocycles. The first-order valence-corrected chi connectivity index (χ1v) is 5.41. The summed E-state index contributed by atoms with van der Waals surface area (Å²) in [7, 11) is 0. The number of hydrogen-bond donors (Lipinski definition) is 1. The van der Waals surface area contributed by atoms with Gasteiger partial charge in [-0.25, -0.2) is 0 Å². The van der Waals surface area contributed by atoms with Crippen molar-refractivity contribution >= 4 is 0 Å². The Balaban J connectivity index is 2.62. The number of allylic oxidation sites excluding steroid dienone is 5. The highest BCUT2D eigenvalue weighted by molar-refractivity contribution is 5.24. The summed E-state index contributed by atoms with van der Waals surface area (Å²) in [6.07, 6.45) is 13.2. The molecule has 1 aliphatic rings. The molecule has 0 heterocycles. The first-order valence-electron chi connectivity index (χ1n) is 5.41. The molecule has 0 spiro atoms. The monoisotopic (exact) mass is 191 g/mol. The Labute approximate surface area is 87.4 Å². The van der Waals surface area contributed by atoms with Crippen LogP contribution in [-0.2, 0) is 0 Å². The highest BCUT2D eigenvalue weighted by atomic mass is 14.6. The van der Waals surface area contributed by atoms with Gasteiger partial charge in [-0.15, -0.1) is 0 Å². The minimum absolute atomic E-state index is 0.397. The van der Waals surface area contributed by atoms with E-state index in [4.69, 9.17) is 5.73 Å². The molecule has 1 aliphatic carbocycles. The van der Waals surface area contributed by atoms with E-state index in [2.05, 4.69) is 24.8 Å². The normalized spacial score (nSPS) is 20.9. The highest BCUT2D eigenvalue weighted by Gasteiger charge is 2.35. The molecular formula is C13H21N. The van der Waals surface area contributed by atoms with Crippen LogP contribution in [0.5, 0.6) is 0 Å². The van der Waals surface area contributed by atoms with E-state index >= 15 is 0 Å². The van der Waals surface area contributed by atoms with E-state index in [0.717, 1.165) is 13.0 Å². The zero-order valence-corrected chi connectivity index (χ0v) is 9.13. The molecule has 0 amide bonds. The Kier molecular flexibility index (Phi) is 4.15. The molecule has 14 heavy (non-hydrogen) atoms. The maximum absolute atomic E-state index is 5.83. The van der Waals surface area contributed by atoms with Crippen LogP contribution in [0.2, 0.25) is 0 Å². The van der Waals surface area contributed by atoms with Crippen LogP contribution in [-0.4, -0.2) is 6.54 Å². The minimum Gasteiger partial charge on any atom is -0.330 e. The van der Waals surface area contributed by atoms with Crippen LogP contribution < -0.4 is 5.73 Å². The molecule has 1 nitrogen and oxygen atoms in total. The second-order valence-electron chi connectivity index (χ2n) is 4.21. The summed E-state index contributed by atoms with van der Waals surface area (Å²) in [5.74, 6) is 0. The van der Waals surface area contributed by atoms with Gasteiger partial charge in [0, 0.05) is 0 Å². The molecule has 1 heteroatoms. The van der Waals surface area contributed by atoms with E-state index in [-0.39, 0.29) is 0 Å². The van der Waals surface area contributed by atoms with Crippen molar-refractivity contribution in [1.29, 1.82) is 0 Å². The Morgan fingerprint density at radius 1 is 1.50 bits per heavy atom. The topological polar surface area (TPSA) is 26.0 Å². The van der Waals surface area contributed by atoms with E-state index in [0.29, 0.717) is 5.41 Å². The number of rotatable bonds is 5. The van der Waals surface area contributed by atoms with E-state index in [1.54, 1.807) is 0 Å². The fraction of sp³-hybridized carbons (Fsp3) is 0.538. The minimum atomic E-state index is 0.397. The van der Waals surface area contributed by atoms with E-state index in [1.807, 2.05) is 13.0 Å². The number of hydrogen-bond acceptors (Lipinski definition) is 1. The third kappa shape index (κ3) is 2.58. The summed E-state index contributed by atoms with van der Waals surface area (Å²) in [5, 5.41) is 0. The van der Waals surface area contributed by atoms with Crippen molar-refractivity contribution in [2.75, 3.05) is 6.54 Å². The molecule has 1 rings (SSSR count). The van der Waals surface area contributed by atoms with Crippen molar-refractivity contribution in [2.45, 2.75) is 32.6 Å². The van der Waals surface area contributed by atoms with Crippen LogP contribution in [0.15, 0.2) is 36.5 Å². The second-order valence-corrected chi connectivity index (χ2v) is 4.21. The van der Waals surface area contributed by atoms with Crippen molar-refractivity contribution in [3.63, 3.8) is 0 Å². The van der Waals surface area contributed by atoms with Gasteiger partial charge in [-0.05, 0) is 43.7 Å². The summed E-state index contributed by atoms with van der Waals surface area (Å²) < 4.78 is 0. The summed E-state index contributed by atoms with van der Waals surface area (Å²) >= 11 is 0. The van der Waals surface area contributed by atoms with Crippen LogP contribution in [0, 0.1) is 5.41 Å². The lowest BCUT2D eigenvalue weighted by molar-refractivity contribution is 0.146. The van der Waals surface area contributed by atoms with Crippen molar-refractivity contribution in [1.82, 2.24) is 0 Å². The molecule has 0 atom stereocenters. The molecule has 78 valence electrons. The Morgan fingerprint density at radius 2 is 2.21 bits per heavy atom. The van der Waals surface area contributed by atoms with Crippen molar-refractivity contribution in [3.8, 4) is 0 Å². The Morgan fingerprint density at radius 3 is 2.57 bits per heavy atom. The molecule has 0 aromatic rings. The molecule has 0 saturated heterocycles. The van der Waals surface area contributed by atoms with Gasteiger partial charge in [0.05, 0.1) is 0 Å². The van der Waals surface area contributed by atoms with E-state index in [1.165, 1.54) is 24.8 Å². The smallest absolute Gasteiger partial charge is 0.00173 e. The van der Waals surface area contributed by atoms with Gasteiger partial charge in [0.1, 0.15) is 0 Å². The van der Waals surface area contributed by atoms with Gasteiger partial charge in [0.2, 0.25) is 0 Å². The third-order valence-electron chi connectivity index (χ3n) is 3.14. The van der Waals surface area contributed by atoms with Crippen molar-refractivity contribution in [3.05, 3.63) is 36.5 Å². The van der Waals surface area contributed by atoms with Crippen molar-refractivity contribution < 1.29 is 0 Å². The van der Waals surface area contributed by atoms with Crippen LogP contribution in [0.4, 0.5) is 0 Å². The molecule has 0 aliphatic heterocycles. The first kappa shape index (κ1) is 11.3. The molecule has 0 unspecified atom stereocenters. The Hall–Kier alpha value is -0.820. The highest BCUT2D eigenvalue weighted by Crippen LogP contribution is 2.45. The predicted molar refractivity (Wildman–Crippen MR) is 63.0 cm³/mol. The average molecular weight is 191 g/mol. The van der Waals surface area contributed by atoms with Crippen LogP contribution in [0.25, 0.3) is 0 Å². The zero-order chi connectivity index (χ0) is 10.4. The van der Waals surface area contributed by atoms with E-state index in [9.17, 15) is 0 Å². The maximum Gasteiger partial charge on any atom is -0.00173 e. The van der Waals surface area contributed by atoms with Gasteiger partial charge in [-0.2, -0.15) is 0 Å². The summed E-state index contributed by atoms with van der Waals surface area (Å²) in [4.78, 5) is 0. The lowest BCUT2D eigenvalue weighted by atomic mass is 9.65. The van der Waals surface area contributed by atoms with Gasteiger partial charge in [0.25, 0.3) is 0 Å². The van der Waals surface area contributed by atoms with Crippen LogP contribution >= 0.6 is 0 Å². The molecule has 0 bridgehead atoms. The fourth-order valence-electron chi connectivity index (χ4n) is 2.10.